The van der Waals surface area contributed by atoms with Gasteiger partial charge in [-0.3, -0.25) is 4.79 Å². The lowest BCUT2D eigenvalue weighted by atomic mass is 9.99. The second-order valence-corrected chi connectivity index (χ2v) is 6.85. The van der Waals surface area contributed by atoms with Crippen LogP contribution >= 0.6 is 0 Å². The molecule has 8 heteroatoms. The molecule has 1 aliphatic rings. The van der Waals surface area contributed by atoms with Crippen LogP contribution < -0.4 is 24.3 Å². The van der Waals surface area contributed by atoms with E-state index in [1.54, 1.807) is 28.4 Å². The molecule has 1 N–H and O–H groups in total. The normalized spacial score (nSPS) is 12.7. The fourth-order valence-corrected chi connectivity index (χ4v) is 3.42. The van der Waals surface area contributed by atoms with Crippen molar-refractivity contribution >= 4 is 22.9 Å². The standard InChI is InChI=1S/C23H27N3O5/c1-6-7-21(27)25-17-10-14(8-9-18(17)28-2)16-13-24-26-22(16)15-11-19(29-3)23(31-5)20(12-15)30-4/h8-12H,6-7,13H2,1-5H3,(H,25,27). The highest BCUT2D eigenvalue weighted by Crippen LogP contribution is 2.43. The van der Waals surface area contributed by atoms with Crippen LogP contribution in [0.3, 0.4) is 0 Å². The highest BCUT2D eigenvalue weighted by Gasteiger charge is 2.22. The Labute approximate surface area is 181 Å². The van der Waals surface area contributed by atoms with E-state index in [0.717, 1.165) is 23.1 Å². The van der Waals surface area contributed by atoms with E-state index in [9.17, 15) is 4.79 Å². The summed E-state index contributed by atoms with van der Waals surface area (Å²) in [4.78, 5) is 12.1. The van der Waals surface area contributed by atoms with Gasteiger partial charge in [-0.2, -0.15) is 10.2 Å². The summed E-state index contributed by atoms with van der Waals surface area (Å²) in [7, 11) is 6.28. The molecule has 0 saturated heterocycles. The molecule has 3 rings (SSSR count). The van der Waals surface area contributed by atoms with Gasteiger partial charge in [-0.1, -0.05) is 13.0 Å². The van der Waals surface area contributed by atoms with Gasteiger partial charge in [0.2, 0.25) is 11.7 Å². The molecule has 1 heterocycles. The molecule has 8 nitrogen and oxygen atoms in total. The lowest BCUT2D eigenvalue weighted by Crippen LogP contribution is -2.11. The van der Waals surface area contributed by atoms with E-state index in [4.69, 9.17) is 18.9 Å². The number of benzene rings is 2. The number of azo groups is 1. The number of anilines is 1. The van der Waals surface area contributed by atoms with Crippen LogP contribution in [-0.2, 0) is 4.79 Å². The van der Waals surface area contributed by atoms with Gasteiger partial charge in [-0.15, -0.1) is 0 Å². The monoisotopic (exact) mass is 425 g/mol. The van der Waals surface area contributed by atoms with Gasteiger partial charge in [0.25, 0.3) is 0 Å². The summed E-state index contributed by atoms with van der Waals surface area (Å²) in [6, 6.07) is 9.33. The molecule has 0 bridgehead atoms. The average Bonchev–Trinajstić information content (AvgIpc) is 3.28. The Kier molecular flexibility index (Phi) is 7.12. The smallest absolute Gasteiger partial charge is 0.224 e. The number of nitrogens with zero attached hydrogens (tertiary/aromatic N) is 2. The Morgan fingerprint density at radius 2 is 1.61 bits per heavy atom. The van der Waals surface area contributed by atoms with Crippen molar-refractivity contribution in [2.75, 3.05) is 40.3 Å². The third-order valence-corrected chi connectivity index (χ3v) is 4.92. The number of hydrogen-bond acceptors (Lipinski definition) is 7. The van der Waals surface area contributed by atoms with Crippen molar-refractivity contribution in [3.05, 3.63) is 41.5 Å². The van der Waals surface area contributed by atoms with Crippen LogP contribution in [0.1, 0.15) is 30.9 Å². The van der Waals surface area contributed by atoms with Crippen molar-refractivity contribution in [3.8, 4) is 23.0 Å². The van der Waals surface area contributed by atoms with Crippen LogP contribution in [0.15, 0.2) is 40.6 Å². The average molecular weight is 425 g/mol. The van der Waals surface area contributed by atoms with Gasteiger partial charge < -0.3 is 24.3 Å². The van der Waals surface area contributed by atoms with Gasteiger partial charge >= 0.3 is 0 Å². The van der Waals surface area contributed by atoms with Crippen molar-refractivity contribution in [3.63, 3.8) is 0 Å². The van der Waals surface area contributed by atoms with E-state index in [-0.39, 0.29) is 5.91 Å². The Morgan fingerprint density at radius 3 is 2.19 bits per heavy atom. The molecule has 0 unspecified atom stereocenters. The Hall–Kier alpha value is -3.55. The zero-order chi connectivity index (χ0) is 22.4. The zero-order valence-electron chi connectivity index (χ0n) is 18.4. The summed E-state index contributed by atoms with van der Waals surface area (Å²) in [6.07, 6.45) is 1.21. The third-order valence-electron chi connectivity index (χ3n) is 4.92. The minimum Gasteiger partial charge on any atom is -0.495 e. The van der Waals surface area contributed by atoms with Crippen LogP contribution in [0.4, 0.5) is 5.69 Å². The second kappa shape index (κ2) is 9.97. The van der Waals surface area contributed by atoms with E-state index in [1.807, 2.05) is 37.3 Å². The number of methoxy groups -OCH3 is 4. The molecule has 1 aliphatic heterocycles. The number of carbonyl (C=O) groups is 1. The lowest BCUT2D eigenvalue weighted by molar-refractivity contribution is -0.116. The van der Waals surface area contributed by atoms with Crippen LogP contribution in [0.5, 0.6) is 23.0 Å². The fourth-order valence-electron chi connectivity index (χ4n) is 3.42. The van der Waals surface area contributed by atoms with Crippen LogP contribution in [-0.4, -0.2) is 40.9 Å². The quantitative estimate of drug-likeness (QED) is 0.624. The first kappa shape index (κ1) is 22.1. The van der Waals surface area contributed by atoms with Gasteiger partial charge in [0.05, 0.1) is 46.4 Å². The number of rotatable bonds is 9. The molecule has 0 spiro atoms. The second-order valence-electron chi connectivity index (χ2n) is 6.85. The van der Waals surface area contributed by atoms with Gasteiger partial charge in [-0.25, -0.2) is 0 Å². The van der Waals surface area contributed by atoms with Gasteiger partial charge in [0.15, 0.2) is 11.5 Å². The summed E-state index contributed by atoms with van der Waals surface area (Å²) in [5.41, 5.74) is 3.92. The molecule has 0 aliphatic carbocycles. The van der Waals surface area contributed by atoms with Gasteiger partial charge in [0, 0.05) is 17.6 Å². The Balaban J connectivity index is 2.08. The maximum Gasteiger partial charge on any atom is 0.224 e. The van der Waals surface area contributed by atoms with Crippen molar-refractivity contribution in [1.29, 1.82) is 0 Å². The van der Waals surface area contributed by atoms with E-state index >= 15 is 0 Å². The van der Waals surface area contributed by atoms with Crippen LogP contribution in [0, 0.1) is 0 Å². The first-order valence-corrected chi connectivity index (χ1v) is 9.95. The molecule has 31 heavy (non-hydrogen) atoms. The Bertz CT molecular complexity index is 1000. The van der Waals surface area contributed by atoms with E-state index in [2.05, 4.69) is 15.5 Å². The molecule has 0 aromatic heterocycles. The number of ether oxygens (including phenoxy) is 4. The summed E-state index contributed by atoms with van der Waals surface area (Å²) in [5, 5.41) is 11.5. The third kappa shape index (κ3) is 4.63. The van der Waals surface area contributed by atoms with E-state index in [1.165, 1.54) is 0 Å². The molecular weight excluding hydrogens is 398 g/mol. The molecule has 0 saturated carbocycles. The number of amides is 1. The summed E-state index contributed by atoms with van der Waals surface area (Å²) in [5.74, 6) is 2.12. The van der Waals surface area contributed by atoms with Crippen molar-refractivity contribution in [2.45, 2.75) is 19.8 Å². The predicted octanol–water partition coefficient (Wildman–Crippen LogP) is 4.79. The highest BCUT2D eigenvalue weighted by molar-refractivity contribution is 5.96. The summed E-state index contributed by atoms with van der Waals surface area (Å²) < 4.78 is 21.8. The summed E-state index contributed by atoms with van der Waals surface area (Å²) in [6.45, 7) is 2.38. The van der Waals surface area contributed by atoms with Crippen LogP contribution in [0.25, 0.3) is 11.3 Å². The molecule has 0 fully saturated rings. The maximum atomic E-state index is 12.1. The highest BCUT2D eigenvalue weighted by atomic mass is 16.5. The van der Waals surface area contributed by atoms with Crippen LogP contribution in [0.2, 0.25) is 0 Å². The minimum absolute atomic E-state index is 0.0578. The van der Waals surface area contributed by atoms with Gasteiger partial charge in [-0.05, 0) is 36.2 Å². The van der Waals surface area contributed by atoms with Gasteiger partial charge in [0.1, 0.15) is 5.75 Å². The number of carbonyl (C=O) groups excluding carboxylic acids is 1. The minimum atomic E-state index is -0.0578. The zero-order valence-corrected chi connectivity index (χ0v) is 18.4. The van der Waals surface area contributed by atoms with Crippen molar-refractivity contribution in [1.82, 2.24) is 0 Å². The topological polar surface area (TPSA) is 90.7 Å². The lowest BCUT2D eigenvalue weighted by Gasteiger charge is -2.15. The molecule has 2 aromatic carbocycles. The first-order chi connectivity index (χ1) is 15.1. The maximum absolute atomic E-state index is 12.1. The molecule has 164 valence electrons. The molecular formula is C23H27N3O5. The molecule has 2 aromatic rings. The molecule has 0 atom stereocenters. The number of hydrogen-bond donors (Lipinski definition) is 1. The van der Waals surface area contributed by atoms with E-state index in [0.29, 0.717) is 47.3 Å². The van der Waals surface area contributed by atoms with Crippen molar-refractivity contribution < 1.29 is 23.7 Å². The number of nitrogens with one attached hydrogen (secondary N) is 1. The summed E-state index contributed by atoms with van der Waals surface area (Å²) >= 11 is 0. The van der Waals surface area contributed by atoms with E-state index < -0.39 is 0 Å². The largest absolute Gasteiger partial charge is 0.495 e. The Morgan fingerprint density at radius 1 is 0.935 bits per heavy atom. The SMILES string of the molecule is CCCC(=O)Nc1cc(C2=C(c3cc(OC)c(OC)c(OC)c3)N=NC2)ccc1OC. The first-order valence-electron chi connectivity index (χ1n) is 9.95. The fraction of sp³-hybridized carbons (Fsp3) is 0.348. The van der Waals surface area contributed by atoms with Crippen molar-refractivity contribution in [2.24, 2.45) is 10.2 Å². The molecule has 0 radical (unpaired) electrons. The molecule has 1 amide bonds. The predicted molar refractivity (Wildman–Crippen MR) is 119 cm³/mol.